The summed E-state index contributed by atoms with van der Waals surface area (Å²) in [6.45, 7) is 7.25. The normalized spacial score (nSPS) is 17.0. The zero-order valence-electron chi connectivity index (χ0n) is 12.8. The highest BCUT2D eigenvalue weighted by Crippen LogP contribution is 2.43. The van der Waals surface area contributed by atoms with Gasteiger partial charge in [0.15, 0.2) is 4.75 Å². The van der Waals surface area contributed by atoms with Crippen molar-refractivity contribution in [3.05, 3.63) is 0 Å². The first-order valence-electron chi connectivity index (χ1n) is 6.83. The molecule has 0 aliphatic heterocycles. The lowest BCUT2D eigenvalue weighted by atomic mass is 10.2. The molecule has 1 fully saturated rings. The minimum Gasteiger partial charge on any atom is -0.443 e. The maximum absolute atomic E-state index is 12.1. The van der Waals surface area contributed by atoms with E-state index in [1.807, 2.05) is 17.2 Å². The summed E-state index contributed by atoms with van der Waals surface area (Å²) in [5, 5.41) is 2.57. The summed E-state index contributed by atoms with van der Waals surface area (Å²) in [7, 11) is -4.00. The van der Waals surface area contributed by atoms with Gasteiger partial charge in [-0.2, -0.15) is 0 Å². The largest absolute Gasteiger partial charge is 0.443 e. The lowest BCUT2D eigenvalue weighted by molar-refractivity contribution is -0.121. The Morgan fingerprint density at radius 3 is 2.24 bits per heavy atom. The molecule has 3 N–H and O–H groups in total. The second-order valence-electron chi connectivity index (χ2n) is 5.98. The van der Waals surface area contributed by atoms with E-state index in [9.17, 15) is 18.0 Å². The number of rotatable bonds is 6. The fraction of sp³-hybridized carbons (Fsp3) is 0.833. The number of sulfonamides is 1. The zero-order chi connectivity index (χ0) is 16.3. The Morgan fingerprint density at radius 1 is 1.24 bits per heavy atom. The van der Waals surface area contributed by atoms with E-state index in [2.05, 4.69) is 5.32 Å². The van der Waals surface area contributed by atoms with Crippen molar-refractivity contribution in [1.82, 2.24) is 15.6 Å². The van der Waals surface area contributed by atoms with Crippen molar-refractivity contribution in [2.24, 2.45) is 0 Å². The molecule has 1 rings (SSSR count). The monoisotopic (exact) mass is 321 g/mol. The number of hydrogen-bond acceptors (Lipinski definition) is 5. The first-order valence-corrected chi connectivity index (χ1v) is 8.31. The van der Waals surface area contributed by atoms with Gasteiger partial charge in [0.1, 0.15) is 5.60 Å². The van der Waals surface area contributed by atoms with Crippen LogP contribution >= 0.6 is 0 Å². The number of hydrazine groups is 1. The quantitative estimate of drug-likeness (QED) is 0.613. The number of carbonyl (C=O) groups is 2. The van der Waals surface area contributed by atoms with Gasteiger partial charge < -0.3 is 10.1 Å². The van der Waals surface area contributed by atoms with Crippen LogP contribution in [-0.2, 0) is 19.6 Å². The fourth-order valence-corrected chi connectivity index (χ4v) is 3.01. The third-order valence-electron chi connectivity index (χ3n) is 2.85. The molecule has 0 radical (unpaired) electrons. The van der Waals surface area contributed by atoms with E-state index in [1.54, 1.807) is 20.8 Å². The second kappa shape index (κ2) is 6.18. The molecule has 0 unspecified atom stereocenters. The first-order chi connectivity index (χ1) is 9.54. The number of carbonyl (C=O) groups excluding carboxylic acids is 2. The molecule has 0 heterocycles. The molecule has 0 atom stereocenters. The van der Waals surface area contributed by atoms with Crippen LogP contribution in [0.15, 0.2) is 0 Å². The highest BCUT2D eigenvalue weighted by molar-refractivity contribution is 7.92. The van der Waals surface area contributed by atoms with Crippen molar-refractivity contribution in [2.75, 3.05) is 6.54 Å². The second-order valence-corrected chi connectivity index (χ2v) is 7.98. The predicted octanol–water partition coefficient (Wildman–Crippen LogP) is 0.404. The fourth-order valence-electron chi connectivity index (χ4n) is 1.64. The molecule has 0 saturated heterocycles. The minimum absolute atomic E-state index is 0.230. The van der Waals surface area contributed by atoms with E-state index in [-0.39, 0.29) is 12.8 Å². The maximum Gasteiger partial charge on any atom is 0.422 e. The molecule has 1 aliphatic carbocycles. The van der Waals surface area contributed by atoms with Crippen molar-refractivity contribution >= 4 is 22.0 Å². The average molecular weight is 321 g/mol. The topological polar surface area (TPSA) is 114 Å². The third-order valence-corrected chi connectivity index (χ3v) is 4.85. The summed E-state index contributed by atoms with van der Waals surface area (Å²) >= 11 is 0. The molecule has 21 heavy (non-hydrogen) atoms. The molecular formula is C12H23N3O5S. The third kappa shape index (κ3) is 4.57. The summed E-state index contributed by atoms with van der Waals surface area (Å²) in [6, 6.07) is 0. The summed E-state index contributed by atoms with van der Waals surface area (Å²) in [5.41, 5.74) is 1.21. The van der Waals surface area contributed by atoms with Gasteiger partial charge in [-0.25, -0.2) is 18.6 Å². The van der Waals surface area contributed by atoms with Gasteiger partial charge >= 0.3 is 6.09 Å². The Morgan fingerprint density at radius 2 is 1.81 bits per heavy atom. The van der Waals surface area contributed by atoms with Gasteiger partial charge in [-0.15, -0.1) is 4.83 Å². The Kier molecular flexibility index (Phi) is 5.21. The summed E-state index contributed by atoms with van der Waals surface area (Å²) in [4.78, 5) is 25.3. The molecule has 1 aliphatic rings. The van der Waals surface area contributed by atoms with Gasteiger partial charge in [0, 0.05) is 6.54 Å². The van der Waals surface area contributed by atoms with Gasteiger partial charge in [0.05, 0.1) is 0 Å². The smallest absolute Gasteiger partial charge is 0.422 e. The molecule has 1 saturated carbocycles. The Bertz CT molecular complexity index is 505. The van der Waals surface area contributed by atoms with E-state index in [0.29, 0.717) is 13.0 Å². The molecular weight excluding hydrogens is 298 g/mol. The van der Waals surface area contributed by atoms with Gasteiger partial charge in [0.2, 0.25) is 15.9 Å². The molecule has 2 amide bonds. The van der Waals surface area contributed by atoms with E-state index in [1.165, 1.54) is 0 Å². The molecule has 0 bridgehead atoms. The lowest BCUT2D eigenvalue weighted by Gasteiger charge is -2.21. The van der Waals surface area contributed by atoms with Crippen LogP contribution in [0.2, 0.25) is 0 Å². The standard InChI is InChI=1S/C12H23N3O5S/c1-5-8-13-9(16)12(6-7-12)21(18,19)15-14-10(17)20-11(2,3)4/h15H,5-8H2,1-4H3,(H,13,16)(H,14,17). The van der Waals surface area contributed by atoms with Crippen molar-refractivity contribution in [2.45, 2.75) is 57.3 Å². The maximum atomic E-state index is 12.1. The molecule has 0 aromatic rings. The average Bonchev–Trinajstić information content (AvgIpc) is 3.13. The van der Waals surface area contributed by atoms with Crippen molar-refractivity contribution in [3.8, 4) is 0 Å². The highest BCUT2D eigenvalue weighted by atomic mass is 32.2. The van der Waals surface area contributed by atoms with Gasteiger partial charge in [0.25, 0.3) is 0 Å². The Hall–Kier alpha value is -1.35. The number of hydrogen-bond donors (Lipinski definition) is 3. The van der Waals surface area contributed by atoms with Crippen LogP contribution < -0.4 is 15.6 Å². The van der Waals surface area contributed by atoms with E-state index < -0.39 is 32.4 Å². The zero-order valence-corrected chi connectivity index (χ0v) is 13.6. The highest BCUT2D eigenvalue weighted by Gasteiger charge is 2.61. The van der Waals surface area contributed by atoms with Gasteiger partial charge in [-0.1, -0.05) is 6.92 Å². The van der Waals surface area contributed by atoms with Crippen LogP contribution in [0.3, 0.4) is 0 Å². The van der Waals surface area contributed by atoms with Crippen LogP contribution in [0.1, 0.15) is 47.0 Å². The molecule has 9 heteroatoms. The minimum atomic E-state index is -4.00. The molecule has 0 aromatic carbocycles. The molecule has 0 spiro atoms. The number of nitrogens with one attached hydrogen (secondary N) is 3. The SMILES string of the molecule is CCCNC(=O)C1(S(=O)(=O)NNC(=O)OC(C)(C)C)CC1. The van der Waals surface area contributed by atoms with Crippen LogP contribution in [-0.4, -0.2) is 37.3 Å². The summed E-state index contributed by atoms with van der Waals surface area (Å²) in [6.07, 6.45) is 0.253. The first kappa shape index (κ1) is 17.7. The van der Waals surface area contributed by atoms with Crippen molar-refractivity contribution in [3.63, 3.8) is 0 Å². The predicted molar refractivity (Wildman–Crippen MR) is 76.7 cm³/mol. The summed E-state index contributed by atoms with van der Waals surface area (Å²) in [5.74, 6) is -0.539. The molecule has 0 aromatic heterocycles. The summed E-state index contributed by atoms with van der Waals surface area (Å²) < 4.78 is 27.7. The van der Waals surface area contributed by atoms with E-state index in [4.69, 9.17) is 4.74 Å². The van der Waals surface area contributed by atoms with Crippen molar-refractivity contribution < 1.29 is 22.7 Å². The van der Waals surface area contributed by atoms with Crippen LogP contribution in [0.5, 0.6) is 0 Å². The van der Waals surface area contributed by atoms with Crippen LogP contribution in [0, 0.1) is 0 Å². The van der Waals surface area contributed by atoms with E-state index in [0.717, 1.165) is 0 Å². The Labute approximate surface area is 125 Å². The van der Waals surface area contributed by atoms with Gasteiger partial charge in [-0.3, -0.25) is 4.79 Å². The van der Waals surface area contributed by atoms with Crippen LogP contribution in [0.4, 0.5) is 4.79 Å². The van der Waals surface area contributed by atoms with Crippen LogP contribution in [0.25, 0.3) is 0 Å². The Balaban J connectivity index is 2.62. The molecule has 8 nitrogen and oxygen atoms in total. The number of ether oxygens (including phenoxy) is 1. The van der Waals surface area contributed by atoms with Crippen molar-refractivity contribution in [1.29, 1.82) is 0 Å². The van der Waals surface area contributed by atoms with E-state index >= 15 is 0 Å². The van der Waals surface area contributed by atoms with Gasteiger partial charge in [-0.05, 0) is 40.0 Å². The molecule has 122 valence electrons. The number of amides is 2. The lowest BCUT2D eigenvalue weighted by Crippen LogP contribution is -2.53.